The number of pyridine rings is 1. The number of hydrogen-bond acceptors (Lipinski definition) is 6. The second-order valence-corrected chi connectivity index (χ2v) is 10.5. The Morgan fingerprint density at radius 3 is 2.50 bits per heavy atom. The molecule has 0 saturated carbocycles. The molecule has 0 bridgehead atoms. The summed E-state index contributed by atoms with van der Waals surface area (Å²) in [6.07, 6.45) is 6.85. The van der Waals surface area contributed by atoms with E-state index >= 15 is 0 Å². The number of amides is 3. The van der Waals surface area contributed by atoms with Crippen molar-refractivity contribution in [1.82, 2.24) is 34.8 Å². The van der Waals surface area contributed by atoms with Gasteiger partial charge in [-0.05, 0) is 48.1 Å². The van der Waals surface area contributed by atoms with Crippen LogP contribution in [0.15, 0.2) is 36.7 Å². The van der Waals surface area contributed by atoms with Crippen molar-refractivity contribution < 1.29 is 14.4 Å². The van der Waals surface area contributed by atoms with Crippen molar-refractivity contribution in [2.24, 2.45) is 0 Å². The van der Waals surface area contributed by atoms with Gasteiger partial charge < -0.3 is 14.7 Å². The van der Waals surface area contributed by atoms with Crippen molar-refractivity contribution in [3.8, 4) is 0 Å². The molecule has 3 aliphatic rings. The number of piperazine rings is 1. The van der Waals surface area contributed by atoms with Crippen LogP contribution in [0.5, 0.6) is 0 Å². The lowest BCUT2D eigenvalue weighted by molar-refractivity contribution is -0.132. The molecule has 1 N–H and O–H groups in total. The number of nitrogens with zero attached hydrogens (tertiary/aromatic N) is 6. The van der Waals surface area contributed by atoms with Crippen molar-refractivity contribution in [3.05, 3.63) is 58.9 Å². The predicted octanol–water partition coefficient (Wildman–Crippen LogP) is 1.47. The van der Waals surface area contributed by atoms with Gasteiger partial charge in [0.25, 0.3) is 5.91 Å². The third kappa shape index (κ3) is 5.00. The molecule has 3 aliphatic heterocycles. The molecule has 3 aromatic rings. The van der Waals surface area contributed by atoms with Gasteiger partial charge in [-0.2, -0.15) is 5.10 Å². The summed E-state index contributed by atoms with van der Waals surface area (Å²) in [4.78, 5) is 51.1. The molecule has 0 atom stereocenters. The van der Waals surface area contributed by atoms with E-state index in [0.717, 1.165) is 54.5 Å². The lowest BCUT2D eigenvalue weighted by Crippen LogP contribution is -2.51. The average molecular weight is 516 g/mol. The first-order valence-corrected chi connectivity index (χ1v) is 13.5. The number of aromatic nitrogens is 3. The van der Waals surface area contributed by atoms with Gasteiger partial charge in [0.1, 0.15) is 0 Å². The van der Waals surface area contributed by atoms with E-state index in [4.69, 9.17) is 0 Å². The highest BCUT2D eigenvalue weighted by atomic mass is 16.2. The van der Waals surface area contributed by atoms with Crippen LogP contribution in [0, 0.1) is 0 Å². The number of fused-ring (bicyclic) bond motifs is 3. The van der Waals surface area contributed by atoms with Gasteiger partial charge in [-0.25, -0.2) is 4.98 Å². The summed E-state index contributed by atoms with van der Waals surface area (Å²) in [6.45, 7) is 5.94. The minimum Gasteiger partial charge on any atom is -0.342 e. The van der Waals surface area contributed by atoms with Gasteiger partial charge in [0, 0.05) is 69.5 Å². The Bertz CT molecular complexity index is 1360. The summed E-state index contributed by atoms with van der Waals surface area (Å²) in [5, 5.41) is 8.02. The zero-order chi connectivity index (χ0) is 26.1. The number of hydrogen-bond donors (Lipinski definition) is 1. The Morgan fingerprint density at radius 2 is 1.68 bits per heavy atom. The highest BCUT2D eigenvalue weighted by Gasteiger charge is 2.27. The van der Waals surface area contributed by atoms with Crippen LogP contribution in [0.25, 0.3) is 11.0 Å². The quantitative estimate of drug-likeness (QED) is 0.552. The number of carbonyl (C=O) groups is 3. The smallest absolute Gasteiger partial charge is 0.253 e. The summed E-state index contributed by atoms with van der Waals surface area (Å²) in [7, 11) is 0. The second-order valence-electron chi connectivity index (χ2n) is 10.5. The Hall–Kier alpha value is -3.79. The molecular formula is C28H33N7O3. The van der Waals surface area contributed by atoms with Crippen molar-refractivity contribution in [2.75, 3.05) is 52.4 Å². The van der Waals surface area contributed by atoms with Gasteiger partial charge in [-0.3, -0.25) is 24.4 Å². The molecule has 38 heavy (non-hydrogen) atoms. The van der Waals surface area contributed by atoms with Crippen molar-refractivity contribution in [3.63, 3.8) is 0 Å². The van der Waals surface area contributed by atoms with Gasteiger partial charge >= 0.3 is 0 Å². The lowest BCUT2D eigenvalue weighted by atomic mass is 9.98. The van der Waals surface area contributed by atoms with Crippen LogP contribution in [0.4, 0.5) is 0 Å². The van der Waals surface area contributed by atoms with Crippen LogP contribution in [0.2, 0.25) is 0 Å². The largest absolute Gasteiger partial charge is 0.342 e. The Kier molecular flexibility index (Phi) is 6.80. The monoisotopic (exact) mass is 515 g/mol. The zero-order valence-corrected chi connectivity index (χ0v) is 21.6. The van der Waals surface area contributed by atoms with Crippen molar-refractivity contribution in [2.45, 2.75) is 32.2 Å². The molecule has 0 spiro atoms. The van der Waals surface area contributed by atoms with E-state index in [9.17, 15) is 14.4 Å². The van der Waals surface area contributed by atoms with Gasteiger partial charge in [0.15, 0.2) is 5.65 Å². The summed E-state index contributed by atoms with van der Waals surface area (Å²) in [6, 6.07) is 7.42. The maximum atomic E-state index is 13.2. The molecule has 6 rings (SSSR count). The second kappa shape index (κ2) is 10.5. The SMILES string of the molecule is O=C(CN1CCN(C(=O)c2cccc(CC(=O)N3CCc4c(cnc5[nH]ncc45)C3)c2)CC1)N1CCCC1. The summed E-state index contributed by atoms with van der Waals surface area (Å²) < 4.78 is 0. The topological polar surface area (TPSA) is 106 Å². The van der Waals surface area contributed by atoms with Crippen LogP contribution in [-0.4, -0.2) is 105 Å². The Labute approximate surface area is 221 Å². The van der Waals surface area contributed by atoms with E-state index in [0.29, 0.717) is 51.4 Å². The molecule has 10 nitrogen and oxygen atoms in total. The van der Waals surface area contributed by atoms with Crippen LogP contribution >= 0.6 is 0 Å². The number of nitrogens with one attached hydrogen (secondary N) is 1. The molecule has 0 radical (unpaired) electrons. The van der Waals surface area contributed by atoms with E-state index < -0.39 is 0 Å². The van der Waals surface area contributed by atoms with E-state index in [1.807, 2.05) is 45.2 Å². The molecule has 198 valence electrons. The number of rotatable bonds is 5. The normalized spacial score (nSPS) is 18.2. The highest BCUT2D eigenvalue weighted by Crippen LogP contribution is 2.25. The van der Waals surface area contributed by atoms with E-state index in [1.165, 1.54) is 5.56 Å². The standard InChI is InChI=1S/C28H33N7O3/c36-25(35-9-6-23-22(18-35)16-29-27-24(23)17-30-31-27)15-20-4-3-5-21(14-20)28(38)34-12-10-32(11-13-34)19-26(37)33-7-1-2-8-33/h3-5,14,16-17H,1-2,6-13,15,18-19H2,(H,29,30,31). The molecule has 10 heteroatoms. The van der Waals surface area contributed by atoms with Crippen molar-refractivity contribution in [1.29, 1.82) is 0 Å². The fourth-order valence-corrected chi connectivity index (χ4v) is 5.82. The minimum absolute atomic E-state index is 0.0214. The molecule has 2 fully saturated rings. The summed E-state index contributed by atoms with van der Waals surface area (Å²) in [5.74, 6) is 0.221. The number of H-pyrrole nitrogens is 1. The fourth-order valence-electron chi connectivity index (χ4n) is 5.82. The molecule has 1 aromatic carbocycles. The maximum absolute atomic E-state index is 13.2. The van der Waals surface area contributed by atoms with Crippen LogP contribution in [-0.2, 0) is 29.0 Å². The first-order valence-electron chi connectivity index (χ1n) is 13.5. The lowest BCUT2D eigenvalue weighted by Gasteiger charge is -2.35. The fraction of sp³-hybridized carbons (Fsp3) is 0.464. The molecule has 2 aromatic heterocycles. The van der Waals surface area contributed by atoms with Gasteiger partial charge in [0.05, 0.1) is 19.2 Å². The zero-order valence-electron chi connectivity index (χ0n) is 21.6. The van der Waals surface area contributed by atoms with Crippen LogP contribution in [0.1, 0.15) is 39.9 Å². The van der Waals surface area contributed by atoms with Gasteiger partial charge in [-0.15, -0.1) is 0 Å². The maximum Gasteiger partial charge on any atom is 0.253 e. The summed E-state index contributed by atoms with van der Waals surface area (Å²) in [5.41, 5.74) is 4.49. The first-order chi connectivity index (χ1) is 18.5. The molecule has 0 unspecified atom stereocenters. The van der Waals surface area contributed by atoms with E-state index in [-0.39, 0.29) is 24.1 Å². The van der Waals surface area contributed by atoms with Crippen molar-refractivity contribution >= 4 is 28.8 Å². The molecule has 2 saturated heterocycles. The molecule has 3 amide bonds. The predicted molar refractivity (Wildman–Crippen MR) is 141 cm³/mol. The third-order valence-corrected chi connectivity index (χ3v) is 8.03. The number of aromatic amines is 1. The van der Waals surface area contributed by atoms with E-state index in [2.05, 4.69) is 20.1 Å². The average Bonchev–Trinajstić information content (AvgIpc) is 3.66. The molecule has 0 aliphatic carbocycles. The van der Waals surface area contributed by atoms with Crippen LogP contribution in [0.3, 0.4) is 0 Å². The van der Waals surface area contributed by atoms with Crippen LogP contribution < -0.4 is 0 Å². The van der Waals surface area contributed by atoms with E-state index in [1.54, 1.807) is 6.20 Å². The molecular weight excluding hydrogens is 482 g/mol. The number of carbonyl (C=O) groups excluding carboxylic acids is 3. The Morgan fingerprint density at radius 1 is 0.868 bits per heavy atom. The summed E-state index contributed by atoms with van der Waals surface area (Å²) >= 11 is 0. The highest BCUT2D eigenvalue weighted by molar-refractivity contribution is 5.95. The molecule has 5 heterocycles. The Balaban J connectivity index is 1.04. The van der Waals surface area contributed by atoms with Gasteiger partial charge in [0.2, 0.25) is 11.8 Å². The number of benzene rings is 1. The number of likely N-dealkylation sites (tertiary alicyclic amines) is 1. The van der Waals surface area contributed by atoms with Gasteiger partial charge in [-0.1, -0.05) is 12.1 Å². The third-order valence-electron chi connectivity index (χ3n) is 8.03. The minimum atomic E-state index is -0.0214. The first kappa shape index (κ1) is 24.5.